The zero-order chi connectivity index (χ0) is 29.1. The Morgan fingerprint density at radius 2 is 1.48 bits per heavy atom. The summed E-state index contributed by atoms with van der Waals surface area (Å²) in [6.07, 6.45) is -10.1. The third kappa shape index (κ3) is 7.35. The number of nitrogens with one attached hydrogen (secondary N) is 1. The monoisotopic (exact) mass is 582 g/mol. The molecule has 12 heteroatoms. The van der Waals surface area contributed by atoms with Crippen molar-refractivity contribution in [2.75, 3.05) is 0 Å². The molecule has 0 radical (unpaired) electrons. The van der Waals surface area contributed by atoms with Crippen LogP contribution in [0.25, 0.3) is 0 Å². The number of nitrogens with zero attached hydrogens (tertiary/aromatic N) is 1. The number of halogens is 3. The molecule has 40 heavy (non-hydrogen) atoms. The molecule has 0 bridgehead atoms. The number of aliphatic hydroxyl groups is 1. The molecule has 1 amide bonds. The molecular formula is C28H33F3N2O6S. The van der Waals surface area contributed by atoms with Gasteiger partial charge < -0.3 is 24.1 Å². The normalized spacial score (nSPS) is 26.4. The quantitative estimate of drug-likeness (QED) is 0.464. The number of carbonyl (C=O) groups is 1. The van der Waals surface area contributed by atoms with E-state index in [9.17, 15) is 23.1 Å². The van der Waals surface area contributed by atoms with E-state index in [2.05, 4.69) is 10.3 Å². The Morgan fingerprint density at radius 3 is 1.98 bits per heavy atom. The van der Waals surface area contributed by atoms with E-state index in [1.54, 1.807) is 45.0 Å². The molecule has 2 aromatic rings. The number of thioether (sulfide) groups is 1. The Hall–Kier alpha value is -2.64. The van der Waals surface area contributed by atoms with Crippen molar-refractivity contribution < 1.29 is 42.0 Å². The predicted octanol–water partition coefficient (Wildman–Crippen LogP) is 5.19. The Kier molecular flexibility index (Phi) is 9.15. The second-order valence-electron chi connectivity index (χ2n) is 10.8. The molecule has 1 saturated heterocycles. The highest BCUT2D eigenvalue weighted by atomic mass is 32.2. The molecule has 2 aliphatic heterocycles. The molecule has 0 spiro atoms. The van der Waals surface area contributed by atoms with Crippen LogP contribution in [0, 0.1) is 0 Å². The number of aliphatic imine (C=N–C) groups is 1. The van der Waals surface area contributed by atoms with Crippen LogP contribution in [0.1, 0.15) is 38.8 Å². The number of ether oxygens (including phenoxy) is 4. The number of amides is 1. The van der Waals surface area contributed by atoms with Gasteiger partial charge in [-0.1, -0.05) is 72.4 Å². The molecule has 0 saturated carbocycles. The van der Waals surface area contributed by atoms with E-state index in [0.717, 1.165) is 17.3 Å². The number of carbonyl (C=O) groups excluding carboxylic acids is 1. The van der Waals surface area contributed by atoms with Gasteiger partial charge in [0.15, 0.2) is 10.8 Å². The first kappa shape index (κ1) is 30.3. The van der Waals surface area contributed by atoms with Crippen molar-refractivity contribution in [3.63, 3.8) is 0 Å². The van der Waals surface area contributed by atoms with Crippen LogP contribution in [0.15, 0.2) is 65.7 Å². The Morgan fingerprint density at radius 1 is 0.950 bits per heavy atom. The fourth-order valence-corrected chi connectivity index (χ4v) is 5.38. The van der Waals surface area contributed by atoms with Crippen LogP contribution in [-0.2, 0) is 32.2 Å². The van der Waals surface area contributed by atoms with E-state index in [4.69, 9.17) is 18.9 Å². The van der Waals surface area contributed by atoms with E-state index in [1.165, 1.54) is 0 Å². The first-order valence-electron chi connectivity index (χ1n) is 12.7. The van der Waals surface area contributed by atoms with Crippen LogP contribution >= 0.6 is 11.8 Å². The third-order valence-corrected chi connectivity index (χ3v) is 7.37. The highest BCUT2D eigenvalue weighted by Gasteiger charge is 2.64. The standard InChI is InChI=1S/C28H33F3N2O6S/c1-26(2,3)39-25(34)33-24-32-19-20(36-15-17-11-7-5-8-12-17)21(37-16-18-13-9-6-10-14-18)22(38-23(19)40-24)27(4,35)28(29,30)31/h5-14,19-23,35H,15-16H2,1-4H3,(H,32,33,34)/t19-,20-,21+,22+,23-,27?/m1/s1. The fourth-order valence-electron chi connectivity index (χ4n) is 4.31. The van der Waals surface area contributed by atoms with Gasteiger partial charge in [0.2, 0.25) is 0 Å². The van der Waals surface area contributed by atoms with Gasteiger partial charge in [0.1, 0.15) is 35.4 Å². The summed E-state index contributed by atoms with van der Waals surface area (Å²) in [5.74, 6) is 0. The Bertz CT molecular complexity index is 1170. The summed E-state index contributed by atoms with van der Waals surface area (Å²) in [7, 11) is 0. The SMILES string of the molecule is CC(C)(C)OC(=O)NC1=N[C@@H]2[C@@H](OCc3ccccc3)[C@H](OCc3ccccc3)[C@@H](C(C)(O)C(F)(F)F)O[C@@H]2S1. The zero-order valence-electron chi connectivity index (χ0n) is 22.6. The van der Waals surface area contributed by atoms with Crippen LogP contribution in [0.3, 0.4) is 0 Å². The van der Waals surface area contributed by atoms with E-state index in [1.807, 2.05) is 36.4 Å². The average molecular weight is 583 g/mol. The summed E-state index contributed by atoms with van der Waals surface area (Å²) >= 11 is 0.923. The second kappa shape index (κ2) is 12.1. The third-order valence-electron chi connectivity index (χ3n) is 6.32. The number of benzene rings is 2. The van der Waals surface area contributed by atoms with Crippen molar-refractivity contribution in [1.82, 2.24) is 5.32 Å². The Labute approximate surface area is 235 Å². The summed E-state index contributed by atoms with van der Waals surface area (Å²) in [6, 6.07) is 17.2. The van der Waals surface area contributed by atoms with Gasteiger partial charge in [-0.05, 0) is 38.8 Å². The minimum Gasteiger partial charge on any atom is -0.444 e. The number of amidine groups is 1. The number of hydrogen-bond donors (Lipinski definition) is 2. The van der Waals surface area contributed by atoms with Crippen molar-refractivity contribution in [2.45, 2.75) is 88.1 Å². The van der Waals surface area contributed by atoms with Crippen LogP contribution in [0.4, 0.5) is 18.0 Å². The smallest absolute Gasteiger partial charge is 0.419 e. The molecule has 2 heterocycles. The van der Waals surface area contributed by atoms with Crippen molar-refractivity contribution >= 4 is 23.0 Å². The summed E-state index contributed by atoms with van der Waals surface area (Å²) in [6.45, 7) is 5.75. The maximum Gasteiger partial charge on any atom is 0.419 e. The van der Waals surface area contributed by atoms with Gasteiger partial charge in [-0.25, -0.2) is 4.79 Å². The fraction of sp³-hybridized carbons (Fsp3) is 0.500. The van der Waals surface area contributed by atoms with Gasteiger partial charge in [-0.2, -0.15) is 13.2 Å². The van der Waals surface area contributed by atoms with Gasteiger partial charge in [-0.3, -0.25) is 10.3 Å². The van der Waals surface area contributed by atoms with Gasteiger partial charge in [0.05, 0.1) is 13.2 Å². The Balaban J connectivity index is 1.66. The number of rotatable bonds is 7. The van der Waals surface area contributed by atoms with Crippen LogP contribution in [0.5, 0.6) is 0 Å². The zero-order valence-corrected chi connectivity index (χ0v) is 23.4. The van der Waals surface area contributed by atoms with E-state index in [-0.39, 0.29) is 18.4 Å². The van der Waals surface area contributed by atoms with E-state index in [0.29, 0.717) is 12.5 Å². The molecule has 0 aromatic heterocycles. The maximum atomic E-state index is 14.1. The van der Waals surface area contributed by atoms with Crippen molar-refractivity contribution in [3.8, 4) is 0 Å². The first-order valence-corrected chi connectivity index (χ1v) is 13.6. The highest BCUT2D eigenvalue weighted by molar-refractivity contribution is 8.14. The van der Waals surface area contributed by atoms with Crippen molar-refractivity contribution in [1.29, 1.82) is 0 Å². The number of alkyl carbamates (subject to hydrolysis) is 1. The first-order chi connectivity index (χ1) is 18.7. The molecule has 8 nitrogen and oxygen atoms in total. The minimum atomic E-state index is -5.04. The minimum absolute atomic E-state index is 0.0514. The summed E-state index contributed by atoms with van der Waals surface area (Å²) in [4.78, 5) is 16.9. The lowest BCUT2D eigenvalue weighted by Gasteiger charge is -2.47. The van der Waals surface area contributed by atoms with E-state index >= 15 is 0 Å². The van der Waals surface area contributed by atoms with Crippen LogP contribution < -0.4 is 5.32 Å². The predicted molar refractivity (Wildman–Crippen MR) is 144 cm³/mol. The van der Waals surface area contributed by atoms with E-state index < -0.39 is 53.3 Å². The lowest BCUT2D eigenvalue weighted by Crippen LogP contribution is -2.67. The molecule has 2 N–H and O–H groups in total. The molecule has 1 fully saturated rings. The molecule has 2 aliphatic rings. The summed E-state index contributed by atoms with van der Waals surface area (Å²) in [5.41, 5.74) is -3.55. The second-order valence-corrected chi connectivity index (χ2v) is 11.8. The average Bonchev–Trinajstić information content (AvgIpc) is 3.27. The lowest BCUT2D eigenvalue weighted by molar-refractivity contribution is -0.325. The van der Waals surface area contributed by atoms with Gasteiger partial charge in [0.25, 0.3) is 0 Å². The molecule has 1 unspecified atom stereocenters. The summed E-state index contributed by atoms with van der Waals surface area (Å²) < 4.78 is 65.9. The number of alkyl halides is 3. The molecule has 6 atom stereocenters. The highest BCUT2D eigenvalue weighted by Crippen LogP contribution is 2.45. The van der Waals surface area contributed by atoms with Gasteiger partial charge in [-0.15, -0.1) is 0 Å². The van der Waals surface area contributed by atoms with Crippen LogP contribution in [0.2, 0.25) is 0 Å². The number of fused-ring (bicyclic) bond motifs is 1. The molecule has 218 valence electrons. The molecular weight excluding hydrogens is 549 g/mol. The topological polar surface area (TPSA) is 98.6 Å². The summed E-state index contributed by atoms with van der Waals surface area (Å²) in [5, 5.41) is 13.4. The molecule has 0 aliphatic carbocycles. The van der Waals surface area contributed by atoms with Crippen molar-refractivity contribution in [2.24, 2.45) is 4.99 Å². The molecule has 2 aromatic carbocycles. The van der Waals surface area contributed by atoms with Crippen molar-refractivity contribution in [3.05, 3.63) is 71.8 Å². The van der Waals surface area contributed by atoms with Gasteiger partial charge in [0, 0.05) is 0 Å². The number of hydrogen-bond acceptors (Lipinski definition) is 8. The maximum absolute atomic E-state index is 14.1. The molecule has 4 rings (SSSR count). The lowest BCUT2D eigenvalue weighted by atomic mass is 9.86. The van der Waals surface area contributed by atoms with Gasteiger partial charge >= 0.3 is 12.3 Å². The van der Waals surface area contributed by atoms with Crippen LogP contribution in [-0.4, -0.2) is 63.5 Å². The largest absolute Gasteiger partial charge is 0.444 e.